The number of nitrogens with one attached hydrogen (secondary N) is 1. The first-order valence-electron chi connectivity index (χ1n) is 5.25. The van der Waals surface area contributed by atoms with Crippen molar-refractivity contribution in [3.05, 3.63) is 0 Å². The molecular weight excluding hydrogens is 267 g/mol. The van der Waals surface area contributed by atoms with Crippen LogP contribution in [-0.2, 0) is 0 Å². The second-order valence-electron chi connectivity index (χ2n) is 3.92. The van der Waals surface area contributed by atoms with Crippen molar-refractivity contribution in [1.82, 2.24) is 10.2 Å². The van der Waals surface area contributed by atoms with Gasteiger partial charge in [0.15, 0.2) is 5.17 Å². The molecule has 2 fully saturated rings. The highest BCUT2D eigenvalue weighted by atomic mass is 35.5. The fourth-order valence-corrected chi connectivity index (χ4v) is 2.78. The van der Waals surface area contributed by atoms with Gasteiger partial charge < -0.3 is 16.0 Å². The van der Waals surface area contributed by atoms with Gasteiger partial charge in [-0.05, 0) is 12.8 Å². The molecule has 2 bridgehead atoms. The summed E-state index contributed by atoms with van der Waals surface area (Å²) in [4.78, 5) is 6.72. The molecule has 0 saturated carbocycles. The topological polar surface area (TPSA) is 53.6 Å². The van der Waals surface area contributed by atoms with Crippen molar-refractivity contribution in [2.75, 3.05) is 26.2 Å². The van der Waals surface area contributed by atoms with Crippen LogP contribution in [0.15, 0.2) is 4.99 Å². The number of aliphatic imine (C=N–C) groups is 1. The lowest BCUT2D eigenvalue weighted by molar-refractivity contribution is 0.257. The van der Waals surface area contributed by atoms with Gasteiger partial charge in [-0.1, -0.05) is 0 Å². The highest BCUT2D eigenvalue weighted by Gasteiger charge is 2.37. The SMILES string of the molecule is Cl.Cl.NCC/N=C(\S)N1C2CCC1CNC2. The minimum absolute atomic E-state index is 0. The number of nitrogens with two attached hydrogens (primary N) is 1. The molecule has 0 spiro atoms. The van der Waals surface area contributed by atoms with Gasteiger partial charge in [-0.15, -0.1) is 37.4 Å². The van der Waals surface area contributed by atoms with E-state index in [0.717, 1.165) is 18.3 Å². The molecule has 0 aliphatic carbocycles. The highest BCUT2D eigenvalue weighted by Crippen LogP contribution is 2.27. The Hall–Kier alpha value is 0.320. The molecule has 96 valence electrons. The number of nitrogens with zero attached hydrogens (tertiary/aromatic N) is 2. The molecule has 3 N–H and O–H groups in total. The fourth-order valence-electron chi connectivity index (χ4n) is 2.35. The molecule has 0 aromatic rings. The van der Waals surface area contributed by atoms with Crippen LogP contribution < -0.4 is 11.1 Å². The zero-order valence-electron chi connectivity index (χ0n) is 9.13. The summed E-state index contributed by atoms with van der Waals surface area (Å²) >= 11 is 4.46. The number of hydrogen-bond acceptors (Lipinski definition) is 3. The highest BCUT2D eigenvalue weighted by molar-refractivity contribution is 7.96. The van der Waals surface area contributed by atoms with Crippen molar-refractivity contribution in [2.45, 2.75) is 24.9 Å². The standard InChI is InChI=1S/C9H18N4S.2ClH/c10-3-4-12-9(14)13-7-1-2-8(13)6-11-5-7;;/h7-8,11H,1-6,10H2,(H,12,14);2*1H. The zero-order valence-corrected chi connectivity index (χ0v) is 11.7. The Morgan fingerprint density at radius 1 is 1.31 bits per heavy atom. The lowest BCUT2D eigenvalue weighted by atomic mass is 10.2. The summed E-state index contributed by atoms with van der Waals surface area (Å²) in [5.74, 6) is 0. The Kier molecular flexibility index (Phi) is 7.76. The van der Waals surface area contributed by atoms with E-state index in [-0.39, 0.29) is 24.8 Å². The molecular formula is C9H20Cl2N4S. The zero-order chi connectivity index (χ0) is 9.97. The Labute approximate surface area is 115 Å². The van der Waals surface area contributed by atoms with Gasteiger partial charge in [0, 0.05) is 31.7 Å². The average molecular weight is 287 g/mol. The number of hydrogen-bond donors (Lipinski definition) is 3. The monoisotopic (exact) mass is 286 g/mol. The summed E-state index contributed by atoms with van der Waals surface area (Å²) in [6, 6.07) is 1.20. The third-order valence-electron chi connectivity index (χ3n) is 2.99. The van der Waals surface area contributed by atoms with Crippen LogP contribution in [0.25, 0.3) is 0 Å². The van der Waals surface area contributed by atoms with Crippen LogP contribution in [0, 0.1) is 0 Å². The predicted octanol–water partition coefficient (Wildman–Crippen LogP) is 0.511. The Bertz CT molecular complexity index is 224. The molecule has 0 aromatic heterocycles. The normalized spacial score (nSPS) is 28.4. The maximum atomic E-state index is 5.42. The summed E-state index contributed by atoms with van der Waals surface area (Å²) < 4.78 is 0. The lowest BCUT2D eigenvalue weighted by Gasteiger charge is -2.36. The largest absolute Gasteiger partial charge is 0.343 e. The van der Waals surface area contributed by atoms with Gasteiger partial charge >= 0.3 is 0 Å². The van der Waals surface area contributed by atoms with Crippen LogP contribution in [0.4, 0.5) is 0 Å². The first kappa shape index (κ1) is 16.3. The summed E-state index contributed by atoms with van der Waals surface area (Å²) in [5, 5.41) is 4.31. The van der Waals surface area contributed by atoms with Crippen molar-refractivity contribution in [3.63, 3.8) is 0 Å². The second kappa shape index (κ2) is 7.61. The van der Waals surface area contributed by atoms with Gasteiger partial charge in [-0.25, -0.2) is 0 Å². The van der Waals surface area contributed by atoms with Crippen molar-refractivity contribution in [1.29, 1.82) is 0 Å². The quantitative estimate of drug-likeness (QED) is 0.394. The lowest BCUT2D eigenvalue weighted by Crippen LogP contribution is -2.53. The first-order valence-corrected chi connectivity index (χ1v) is 5.70. The van der Waals surface area contributed by atoms with Crippen LogP contribution in [0.3, 0.4) is 0 Å². The minimum Gasteiger partial charge on any atom is -0.343 e. The number of halogens is 2. The molecule has 4 nitrogen and oxygen atoms in total. The van der Waals surface area contributed by atoms with E-state index < -0.39 is 0 Å². The van der Waals surface area contributed by atoms with E-state index in [4.69, 9.17) is 5.73 Å². The molecule has 2 atom stereocenters. The van der Waals surface area contributed by atoms with Gasteiger partial charge in [0.05, 0.1) is 6.54 Å². The van der Waals surface area contributed by atoms with Crippen molar-refractivity contribution < 1.29 is 0 Å². The fraction of sp³-hybridized carbons (Fsp3) is 0.889. The Morgan fingerprint density at radius 3 is 2.38 bits per heavy atom. The number of thiol groups is 1. The molecule has 2 saturated heterocycles. The van der Waals surface area contributed by atoms with E-state index in [0.29, 0.717) is 25.2 Å². The van der Waals surface area contributed by atoms with Gasteiger partial charge in [-0.3, -0.25) is 4.99 Å². The van der Waals surface area contributed by atoms with E-state index in [1.807, 2.05) is 0 Å². The van der Waals surface area contributed by atoms with Gasteiger partial charge in [0.1, 0.15) is 0 Å². The van der Waals surface area contributed by atoms with E-state index >= 15 is 0 Å². The molecule has 7 heteroatoms. The second-order valence-corrected chi connectivity index (χ2v) is 4.32. The maximum Gasteiger partial charge on any atom is 0.156 e. The molecule has 0 radical (unpaired) electrons. The minimum atomic E-state index is 0. The van der Waals surface area contributed by atoms with Crippen molar-refractivity contribution >= 4 is 42.6 Å². The number of piperazine rings is 1. The van der Waals surface area contributed by atoms with Crippen LogP contribution in [-0.4, -0.2) is 48.3 Å². The van der Waals surface area contributed by atoms with E-state index in [1.54, 1.807) is 0 Å². The summed E-state index contributed by atoms with van der Waals surface area (Å²) in [5.41, 5.74) is 5.42. The Morgan fingerprint density at radius 2 is 1.88 bits per heavy atom. The summed E-state index contributed by atoms with van der Waals surface area (Å²) in [6.07, 6.45) is 2.53. The number of fused-ring (bicyclic) bond motifs is 2. The van der Waals surface area contributed by atoms with E-state index in [9.17, 15) is 0 Å². The van der Waals surface area contributed by atoms with E-state index in [1.165, 1.54) is 12.8 Å². The predicted molar refractivity (Wildman–Crippen MR) is 76.4 cm³/mol. The van der Waals surface area contributed by atoms with Crippen LogP contribution in [0.2, 0.25) is 0 Å². The van der Waals surface area contributed by atoms with Gasteiger partial charge in [-0.2, -0.15) is 0 Å². The molecule has 0 amide bonds. The molecule has 2 aliphatic heterocycles. The van der Waals surface area contributed by atoms with E-state index in [2.05, 4.69) is 27.8 Å². The number of rotatable bonds is 2. The van der Waals surface area contributed by atoms with Crippen molar-refractivity contribution in [3.8, 4) is 0 Å². The molecule has 16 heavy (non-hydrogen) atoms. The maximum absolute atomic E-state index is 5.42. The van der Waals surface area contributed by atoms with Crippen molar-refractivity contribution in [2.24, 2.45) is 10.7 Å². The van der Waals surface area contributed by atoms with Crippen LogP contribution in [0.5, 0.6) is 0 Å². The number of amidine groups is 1. The van der Waals surface area contributed by atoms with Crippen LogP contribution in [0.1, 0.15) is 12.8 Å². The molecule has 0 aromatic carbocycles. The smallest absolute Gasteiger partial charge is 0.156 e. The Balaban J connectivity index is 0.00000112. The first-order chi connectivity index (χ1) is 6.83. The molecule has 2 unspecified atom stereocenters. The summed E-state index contributed by atoms with van der Waals surface area (Å²) in [6.45, 7) is 3.42. The van der Waals surface area contributed by atoms with Crippen LogP contribution >= 0.6 is 37.4 Å². The third-order valence-corrected chi connectivity index (χ3v) is 3.37. The molecule has 2 heterocycles. The molecule has 2 rings (SSSR count). The van der Waals surface area contributed by atoms with Gasteiger partial charge in [0.25, 0.3) is 0 Å². The third kappa shape index (κ3) is 3.40. The molecule has 2 aliphatic rings. The van der Waals surface area contributed by atoms with Gasteiger partial charge in [0.2, 0.25) is 0 Å². The average Bonchev–Trinajstić information content (AvgIpc) is 2.45. The summed E-state index contributed by atoms with van der Waals surface area (Å²) in [7, 11) is 0.